The van der Waals surface area contributed by atoms with Gasteiger partial charge in [0.1, 0.15) is 5.76 Å². The summed E-state index contributed by atoms with van der Waals surface area (Å²) in [6, 6.07) is 5.78. The monoisotopic (exact) mass is 251 g/mol. The Hall–Kier alpha value is -1.27. The standard InChI is InChI=1S/C11H10BrNO/c1-8(9(2)7-13)3-4-10-5-6-11(12)14-10/h3-6H,1-2H3/b4-3+,9-8-. The van der Waals surface area contributed by atoms with Crippen molar-refractivity contribution in [1.82, 2.24) is 0 Å². The number of hydrogen-bond acceptors (Lipinski definition) is 2. The number of allylic oxidation sites excluding steroid dienone is 3. The topological polar surface area (TPSA) is 36.9 Å². The molecule has 0 unspecified atom stereocenters. The quantitative estimate of drug-likeness (QED) is 0.591. The molecule has 0 radical (unpaired) electrons. The van der Waals surface area contributed by atoms with Crippen LogP contribution in [0.3, 0.4) is 0 Å². The van der Waals surface area contributed by atoms with Gasteiger partial charge >= 0.3 is 0 Å². The second-order valence-electron chi connectivity index (χ2n) is 2.90. The number of hydrogen-bond donors (Lipinski definition) is 0. The van der Waals surface area contributed by atoms with E-state index < -0.39 is 0 Å². The van der Waals surface area contributed by atoms with Crippen molar-refractivity contribution in [1.29, 1.82) is 5.26 Å². The molecular weight excluding hydrogens is 242 g/mol. The fourth-order valence-corrected chi connectivity index (χ4v) is 1.16. The van der Waals surface area contributed by atoms with Crippen molar-refractivity contribution >= 4 is 22.0 Å². The van der Waals surface area contributed by atoms with Gasteiger partial charge in [0, 0.05) is 5.57 Å². The Balaban J connectivity index is 2.80. The van der Waals surface area contributed by atoms with Crippen LogP contribution in [0, 0.1) is 11.3 Å². The minimum Gasteiger partial charge on any atom is -0.450 e. The van der Waals surface area contributed by atoms with Gasteiger partial charge in [-0.2, -0.15) is 5.26 Å². The molecule has 1 aromatic rings. The Labute approximate surface area is 91.7 Å². The summed E-state index contributed by atoms with van der Waals surface area (Å²) in [5, 5.41) is 8.63. The van der Waals surface area contributed by atoms with Crippen LogP contribution in [-0.2, 0) is 0 Å². The van der Waals surface area contributed by atoms with Gasteiger partial charge in [0.25, 0.3) is 0 Å². The van der Waals surface area contributed by atoms with Gasteiger partial charge in [0.2, 0.25) is 0 Å². The van der Waals surface area contributed by atoms with Crippen molar-refractivity contribution in [3.8, 4) is 6.07 Å². The molecular formula is C11H10BrNO. The Morgan fingerprint density at radius 2 is 2.21 bits per heavy atom. The highest BCUT2D eigenvalue weighted by Gasteiger charge is 1.95. The Morgan fingerprint density at radius 3 is 2.71 bits per heavy atom. The summed E-state index contributed by atoms with van der Waals surface area (Å²) >= 11 is 3.22. The largest absolute Gasteiger partial charge is 0.450 e. The molecule has 0 aliphatic heterocycles. The highest BCUT2D eigenvalue weighted by Crippen LogP contribution is 2.16. The van der Waals surface area contributed by atoms with E-state index in [1.165, 1.54) is 0 Å². The molecule has 2 nitrogen and oxygen atoms in total. The molecule has 0 saturated carbocycles. The number of nitriles is 1. The molecule has 0 spiro atoms. The van der Waals surface area contributed by atoms with E-state index in [-0.39, 0.29) is 0 Å². The molecule has 1 aromatic heterocycles. The second kappa shape index (κ2) is 4.83. The second-order valence-corrected chi connectivity index (χ2v) is 3.68. The van der Waals surface area contributed by atoms with Gasteiger partial charge in [-0.1, -0.05) is 6.08 Å². The SMILES string of the molecule is C/C(C#N)=C(C)/C=C/c1ccc(Br)o1. The number of furan rings is 1. The molecule has 0 N–H and O–H groups in total. The van der Waals surface area contributed by atoms with Gasteiger partial charge in [-0.25, -0.2) is 0 Å². The summed E-state index contributed by atoms with van der Waals surface area (Å²) in [5.74, 6) is 0.766. The van der Waals surface area contributed by atoms with Gasteiger partial charge in [-0.15, -0.1) is 0 Å². The summed E-state index contributed by atoms with van der Waals surface area (Å²) in [5.41, 5.74) is 1.66. The molecule has 0 amide bonds. The lowest BCUT2D eigenvalue weighted by Crippen LogP contribution is -1.75. The molecule has 0 bridgehead atoms. The van der Waals surface area contributed by atoms with Crippen LogP contribution in [0.4, 0.5) is 0 Å². The van der Waals surface area contributed by atoms with Gasteiger partial charge in [0.15, 0.2) is 4.67 Å². The fourth-order valence-electron chi connectivity index (χ4n) is 0.838. The zero-order valence-corrected chi connectivity index (χ0v) is 9.63. The molecule has 0 aromatic carbocycles. The lowest BCUT2D eigenvalue weighted by molar-refractivity contribution is 0.531. The van der Waals surface area contributed by atoms with E-state index in [1.807, 2.05) is 31.2 Å². The first kappa shape index (κ1) is 10.8. The van der Waals surface area contributed by atoms with E-state index in [4.69, 9.17) is 9.68 Å². The lowest BCUT2D eigenvalue weighted by Gasteiger charge is -1.91. The average molecular weight is 252 g/mol. The van der Waals surface area contributed by atoms with Crippen LogP contribution in [0.1, 0.15) is 19.6 Å². The van der Waals surface area contributed by atoms with Crippen LogP contribution >= 0.6 is 15.9 Å². The van der Waals surface area contributed by atoms with Crippen molar-refractivity contribution in [3.05, 3.63) is 39.8 Å². The van der Waals surface area contributed by atoms with Gasteiger partial charge in [-0.05, 0) is 53.6 Å². The van der Waals surface area contributed by atoms with Gasteiger partial charge in [0.05, 0.1) is 6.07 Å². The number of halogens is 1. The third kappa shape index (κ3) is 2.90. The first-order valence-corrected chi connectivity index (χ1v) is 4.94. The summed E-state index contributed by atoms with van der Waals surface area (Å²) in [7, 11) is 0. The minimum absolute atomic E-state index is 0.704. The van der Waals surface area contributed by atoms with Crippen LogP contribution in [0.2, 0.25) is 0 Å². The molecule has 72 valence electrons. The van der Waals surface area contributed by atoms with E-state index >= 15 is 0 Å². The third-order valence-corrected chi connectivity index (χ3v) is 2.28. The highest BCUT2D eigenvalue weighted by atomic mass is 79.9. The molecule has 0 atom stereocenters. The van der Waals surface area contributed by atoms with Crippen molar-refractivity contribution in [3.63, 3.8) is 0 Å². The Morgan fingerprint density at radius 1 is 1.50 bits per heavy atom. The van der Waals surface area contributed by atoms with Crippen molar-refractivity contribution < 1.29 is 4.42 Å². The molecule has 14 heavy (non-hydrogen) atoms. The van der Waals surface area contributed by atoms with Gasteiger partial charge < -0.3 is 4.42 Å². The zero-order valence-electron chi connectivity index (χ0n) is 8.04. The van der Waals surface area contributed by atoms with Crippen LogP contribution in [-0.4, -0.2) is 0 Å². The van der Waals surface area contributed by atoms with E-state index in [0.717, 1.165) is 11.3 Å². The lowest BCUT2D eigenvalue weighted by atomic mass is 10.1. The first-order valence-electron chi connectivity index (χ1n) is 4.14. The van der Waals surface area contributed by atoms with E-state index in [0.29, 0.717) is 10.2 Å². The molecule has 0 saturated heterocycles. The normalized spacial score (nSPS) is 12.7. The maximum absolute atomic E-state index is 8.63. The van der Waals surface area contributed by atoms with Crippen molar-refractivity contribution in [2.45, 2.75) is 13.8 Å². The highest BCUT2D eigenvalue weighted by molar-refractivity contribution is 9.10. The Kier molecular flexibility index (Phi) is 3.73. The van der Waals surface area contributed by atoms with Crippen LogP contribution in [0.5, 0.6) is 0 Å². The van der Waals surface area contributed by atoms with Crippen molar-refractivity contribution in [2.24, 2.45) is 0 Å². The number of nitrogens with zero attached hydrogens (tertiary/aromatic N) is 1. The number of rotatable bonds is 2. The van der Waals surface area contributed by atoms with Gasteiger partial charge in [-0.3, -0.25) is 0 Å². The Bertz CT molecular complexity index is 421. The molecule has 0 aliphatic rings. The third-order valence-electron chi connectivity index (χ3n) is 1.85. The van der Waals surface area contributed by atoms with E-state index in [2.05, 4.69) is 22.0 Å². The van der Waals surface area contributed by atoms with Crippen molar-refractivity contribution in [2.75, 3.05) is 0 Å². The first-order chi connectivity index (χ1) is 6.63. The molecule has 0 fully saturated rings. The van der Waals surface area contributed by atoms with E-state index in [1.54, 1.807) is 6.92 Å². The van der Waals surface area contributed by atoms with Crippen LogP contribution < -0.4 is 0 Å². The predicted molar refractivity (Wildman–Crippen MR) is 59.4 cm³/mol. The summed E-state index contributed by atoms with van der Waals surface area (Å²) < 4.78 is 5.98. The summed E-state index contributed by atoms with van der Waals surface area (Å²) in [4.78, 5) is 0. The maximum atomic E-state index is 8.63. The summed E-state index contributed by atoms with van der Waals surface area (Å²) in [6.45, 7) is 3.69. The molecule has 1 heterocycles. The predicted octanol–water partition coefficient (Wildman–Crippen LogP) is 3.92. The molecule has 1 rings (SSSR count). The smallest absolute Gasteiger partial charge is 0.169 e. The molecule has 3 heteroatoms. The maximum Gasteiger partial charge on any atom is 0.169 e. The summed E-state index contributed by atoms with van der Waals surface area (Å²) in [6.07, 6.45) is 3.70. The minimum atomic E-state index is 0.704. The van der Waals surface area contributed by atoms with Crippen LogP contribution in [0.25, 0.3) is 6.08 Å². The molecule has 0 aliphatic carbocycles. The average Bonchev–Trinajstić information content (AvgIpc) is 2.59. The van der Waals surface area contributed by atoms with E-state index in [9.17, 15) is 0 Å². The van der Waals surface area contributed by atoms with Crippen LogP contribution in [0.15, 0.2) is 38.4 Å². The fraction of sp³-hybridized carbons (Fsp3) is 0.182. The zero-order chi connectivity index (χ0) is 10.6.